The third kappa shape index (κ3) is 7.37. The van der Waals surface area contributed by atoms with Gasteiger partial charge in [-0.2, -0.15) is 5.26 Å². The molecule has 7 nitrogen and oxygen atoms in total. The molecule has 0 fully saturated rings. The van der Waals surface area contributed by atoms with Crippen molar-refractivity contribution in [2.24, 2.45) is 0 Å². The van der Waals surface area contributed by atoms with E-state index in [0.29, 0.717) is 34.3 Å². The number of carbonyl (C=O) groups is 2. The van der Waals surface area contributed by atoms with Crippen molar-refractivity contribution in [1.29, 1.82) is 5.26 Å². The lowest BCUT2D eigenvalue weighted by molar-refractivity contribution is -0.112. The summed E-state index contributed by atoms with van der Waals surface area (Å²) in [5, 5.41) is 15.0. The molecule has 0 saturated heterocycles. The van der Waals surface area contributed by atoms with Gasteiger partial charge in [-0.3, -0.25) is 4.79 Å². The molecule has 0 bridgehead atoms. The first-order valence-corrected chi connectivity index (χ1v) is 13.5. The van der Waals surface area contributed by atoms with Crippen LogP contribution in [0, 0.1) is 11.3 Å². The van der Waals surface area contributed by atoms with Gasteiger partial charge in [0.25, 0.3) is 5.91 Å². The predicted octanol–water partition coefficient (Wildman–Crippen LogP) is 7.37. The number of benzene rings is 2. The zero-order valence-electron chi connectivity index (χ0n) is 21.5. The molecule has 2 aromatic carbocycles. The van der Waals surface area contributed by atoms with Gasteiger partial charge in [-0.15, -0.1) is 11.3 Å². The number of esters is 1. The summed E-state index contributed by atoms with van der Waals surface area (Å²) in [4.78, 5) is 25.9. The highest BCUT2D eigenvalue weighted by Gasteiger charge is 2.24. The number of halogens is 1. The van der Waals surface area contributed by atoms with Gasteiger partial charge in [0, 0.05) is 16.0 Å². The van der Waals surface area contributed by atoms with E-state index < -0.39 is 11.9 Å². The van der Waals surface area contributed by atoms with Crippen LogP contribution in [0.2, 0.25) is 5.02 Å². The number of nitriles is 1. The molecule has 0 aliphatic rings. The predicted molar refractivity (Wildman–Crippen MR) is 151 cm³/mol. The van der Waals surface area contributed by atoms with E-state index in [4.69, 9.17) is 25.8 Å². The quantitative estimate of drug-likeness (QED) is 0.109. The Kier molecular flexibility index (Phi) is 10.8. The fourth-order valence-corrected chi connectivity index (χ4v) is 4.69. The zero-order chi connectivity index (χ0) is 27.5. The molecule has 0 atom stereocenters. The Morgan fingerprint density at radius 1 is 1.11 bits per heavy atom. The van der Waals surface area contributed by atoms with Gasteiger partial charge in [0.05, 0.1) is 20.3 Å². The van der Waals surface area contributed by atoms with E-state index in [-0.39, 0.29) is 22.7 Å². The van der Waals surface area contributed by atoms with E-state index in [9.17, 15) is 14.9 Å². The van der Waals surface area contributed by atoms with Crippen LogP contribution in [-0.2, 0) is 9.53 Å². The van der Waals surface area contributed by atoms with E-state index >= 15 is 0 Å². The first-order valence-electron chi connectivity index (χ1n) is 12.2. The normalized spacial score (nSPS) is 11.0. The lowest BCUT2D eigenvalue weighted by Gasteiger charge is -2.11. The molecule has 0 aliphatic carbocycles. The summed E-state index contributed by atoms with van der Waals surface area (Å²) in [6, 6.07) is 14.1. The average molecular weight is 553 g/mol. The molecule has 38 heavy (non-hydrogen) atoms. The Hall–Kier alpha value is -3.80. The van der Waals surface area contributed by atoms with Gasteiger partial charge in [0.15, 0.2) is 11.5 Å². The molecule has 1 heterocycles. The Labute approximate surface area is 231 Å². The molecule has 1 N–H and O–H groups in total. The molecular formula is C29H29ClN2O5S. The number of anilines is 1. The zero-order valence-corrected chi connectivity index (χ0v) is 23.1. The van der Waals surface area contributed by atoms with Gasteiger partial charge < -0.3 is 19.5 Å². The standard InChI is InChI=1S/C29H29ClN2O5S/c1-4-6-7-14-37-24-13-8-19(16-25(24)35-3)15-21(17-31)27(33)32-28-26(29(34)36-5-2)23(18-38-28)20-9-11-22(30)12-10-20/h8-13,15-16,18H,4-7,14H2,1-3H3,(H,32,33)/b21-15+. The van der Waals surface area contributed by atoms with Gasteiger partial charge in [0.1, 0.15) is 22.2 Å². The SMILES string of the molecule is CCCCCOc1ccc(/C=C(\C#N)C(=O)Nc2scc(-c3ccc(Cl)cc3)c2C(=O)OCC)cc1OC. The van der Waals surface area contributed by atoms with Gasteiger partial charge >= 0.3 is 5.97 Å². The van der Waals surface area contributed by atoms with Gasteiger partial charge in [-0.25, -0.2) is 4.79 Å². The number of carbonyl (C=O) groups excluding carboxylic acids is 2. The topological polar surface area (TPSA) is 97.7 Å². The maximum absolute atomic E-state index is 13.1. The van der Waals surface area contributed by atoms with Gasteiger partial charge in [-0.05, 0) is 54.8 Å². The molecule has 3 rings (SSSR count). The van der Waals surface area contributed by atoms with Crippen molar-refractivity contribution < 1.29 is 23.8 Å². The second-order valence-corrected chi connectivity index (χ2v) is 9.49. The van der Waals surface area contributed by atoms with Crippen LogP contribution in [0.4, 0.5) is 5.00 Å². The molecule has 1 aromatic heterocycles. The number of nitrogens with zero attached hydrogens (tertiary/aromatic N) is 1. The number of nitrogens with one attached hydrogen (secondary N) is 1. The Morgan fingerprint density at radius 3 is 2.53 bits per heavy atom. The molecule has 9 heteroatoms. The minimum absolute atomic E-state index is 0.139. The molecule has 3 aromatic rings. The number of hydrogen-bond acceptors (Lipinski definition) is 7. The van der Waals surface area contributed by atoms with Crippen LogP contribution in [0.25, 0.3) is 17.2 Å². The summed E-state index contributed by atoms with van der Waals surface area (Å²) in [6.45, 7) is 4.58. The lowest BCUT2D eigenvalue weighted by Crippen LogP contribution is -2.16. The number of hydrogen-bond donors (Lipinski definition) is 1. The van der Waals surface area contributed by atoms with Crippen molar-refractivity contribution in [2.75, 3.05) is 25.6 Å². The number of methoxy groups -OCH3 is 1. The number of rotatable bonds is 12. The van der Waals surface area contributed by atoms with E-state index in [1.807, 2.05) is 6.07 Å². The maximum Gasteiger partial charge on any atom is 0.341 e. The van der Waals surface area contributed by atoms with Crippen LogP contribution in [0.3, 0.4) is 0 Å². The number of amides is 1. The Balaban J connectivity index is 1.86. The summed E-state index contributed by atoms with van der Waals surface area (Å²) in [7, 11) is 1.53. The van der Waals surface area contributed by atoms with E-state index in [1.165, 1.54) is 24.5 Å². The van der Waals surface area contributed by atoms with Crippen LogP contribution in [-0.4, -0.2) is 32.2 Å². The smallest absolute Gasteiger partial charge is 0.341 e. The molecule has 0 aliphatic heterocycles. The van der Waals surface area contributed by atoms with Gasteiger partial charge in [0.2, 0.25) is 0 Å². The third-order valence-corrected chi connectivity index (χ3v) is 6.67. The van der Waals surface area contributed by atoms with Crippen LogP contribution in [0.15, 0.2) is 53.4 Å². The van der Waals surface area contributed by atoms with Crippen molar-refractivity contribution >= 4 is 45.9 Å². The molecule has 0 spiro atoms. The van der Waals surface area contributed by atoms with Crippen LogP contribution < -0.4 is 14.8 Å². The third-order valence-electron chi connectivity index (χ3n) is 5.52. The van der Waals surface area contributed by atoms with Crippen LogP contribution in [0.5, 0.6) is 11.5 Å². The van der Waals surface area contributed by atoms with Crippen molar-refractivity contribution in [3.8, 4) is 28.7 Å². The Morgan fingerprint density at radius 2 is 1.87 bits per heavy atom. The number of thiophene rings is 1. The largest absolute Gasteiger partial charge is 0.493 e. The highest BCUT2D eigenvalue weighted by Crippen LogP contribution is 2.37. The summed E-state index contributed by atoms with van der Waals surface area (Å²) >= 11 is 7.18. The minimum atomic E-state index is -0.651. The fraction of sp³-hybridized carbons (Fsp3) is 0.276. The lowest BCUT2D eigenvalue weighted by atomic mass is 10.0. The van der Waals surface area contributed by atoms with Crippen LogP contribution >= 0.6 is 22.9 Å². The molecule has 0 unspecified atom stereocenters. The molecule has 198 valence electrons. The number of ether oxygens (including phenoxy) is 3. The summed E-state index contributed by atoms with van der Waals surface area (Å²) < 4.78 is 16.5. The molecular weight excluding hydrogens is 524 g/mol. The number of unbranched alkanes of at least 4 members (excludes halogenated alkanes) is 2. The van der Waals surface area contributed by atoms with Crippen molar-refractivity contribution in [3.63, 3.8) is 0 Å². The average Bonchev–Trinajstić information content (AvgIpc) is 3.34. The molecule has 1 amide bonds. The van der Waals surface area contributed by atoms with Crippen molar-refractivity contribution in [1.82, 2.24) is 0 Å². The van der Waals surface area contributed by atoms with E-state index in [0.717, 1.165) is 24.8 Å². The van der Waals surface area contributed by atoms with Crippen molar-refractivity contribution in [3.05, 3.63) is 69.6 Å². The summed E-state index contributed by atoms with van der Waals surface area (Å²) in [6.07, 6.45) is 4.57. The maximum atomic E-state index is 13.1. The second kappa shape index (κ2) is 14.2. The monoisotopic (exact) mass is 552 g/mol. The van der Waals surface area contributed by atoms with E-state index in [2.05, 4.69) is 12.2 Å². The summed E-state index contributed by atoms with van der Waals surface area (Å²) in [5.74, 6) is -0.128. The highest BCUT2D eigenvalue weighted by atomic mass is 35.5. The van der Waals surface area contributed by atoms with Crippen LogP contribution in [0.1, 0.15) is 49.0 Å². The van der Waals surface area contributed by atoms with Crippen molar-refractivity contribution in [2.45, 2.75) is 33.1 Å². The Bertz CT molecular complexity index is 1340. The highest BCUT2D eigenvalue weighted by molar-refractivity contribution is 7.15. The minimum Gasteiger partial charge on any atom is -0.493 e. The summed E-state index contributed by atoms with van der Waals surface area (Å²) in [5.41, 5.74) is 2.01. The first kappa shape index (κ1) is 28.8. The molecule has 0 radical (unpaired) electrons. The second-order valence-electron chi connectivity index (χ2n) is 8.17. The fourth-order valence-electron chi connectivity index (χ4n) is 3.61. The van der Waals surface area contributed by atoms with E-state index in [1.54, 1.807) is 54.8 Å². The first-order chi connectivity index (χ1) is 18.4. The molecule has 0 saturated carbocycles. The van der Waals surface area contributed by atoms with Gasteiger partial charge in [-0.1, -0.05) is 49.6 Å².